The number of carbonyl (C=O) groups excluding carboxylic acids is 1. The molecule has 0 aliphatic carbocycles. The quantitative estimate of drug-likeness (QED) is 0.836. The summed E-state index contributed by atoms with van der Waals surface area (Å²) in [6.07, 6.45) is 1.06. The van der Waals surface area contributed by atoms with Gasteiger partial charge < -0.3 is 5.32 Å². The van der Waals surface area contributed by atoms with E-state index < -0.39 is 15.9 Å². The third-order valence-corrected chi connectivity index (χ3v) is 5.11. The summed E-state index contributed by atoms with van der Waals surface area (Å²) in [5.41, 5.74) is 2.44. The minimum atomic E-state index is -3.62. The predicted molar refractivity (Wildman–Crippen MR) is 101 cm³/mol. The van der Waals surface area contributed by atoms with E-state index in [0.717, 1.165) is 21.7 Å². The van der Waals surface area contributed by atoms with Crippen LogP contribution in [0.2, 0.25) is 5.02 Å². The van der Waals surface area contributed by atoms with Crippen molar-refractivity contribution in [3.63, 3.8) is 0 Å². The van der Waals surface area contributed by atoms with Crippen molar-refractivity contribution in [3.05, 3.63) is 64.7 Å². The van der Waals surface area contributed by atoms with E-state index in [0.29, 0.717) is 10.7 Å². The third kappa shape index (κ3) is 5.47. The molecule has 7 heteroatoms. The van der Waals surface area contributed by atoms with Gasteiger partial charge in [-0.25, -0.2) is 8.42 Å². The lowest BCUT2D eigenvalue weighted by atomic mass is 10.1. The van der Waals surface area contributed by atoms with Crippen LogP contribution in [0.15, 0.2) is 48.5 Å². The summed E-state index contributed by atoms with van der Waals surface area (Å²) in [6.45, 7) is 3.53. The van der Waals surface area contributed by atoms with Gasteiger partial charge in [0.1, 0.15) is 6.54 Å². The standard InChI is InChI=1S/C18H21ClN2O3S/c1-13-7-9-15(10-8-13)14(2)20-18(22)12-21(25(3,23)24)17-6-4-5-16(19)11-17/h4-11,14H,12H2,1-3H3,(H,20,22). The average Bonchev–Trinajstić information content (AvgIpc) is 2.52. The molecule has 0 bridgehead atoms. The van der Waals surface area contributed by atoms with Crippen LogP contribution in [-0.4, -0.2) is 27.1 Å². The molecule has 134 valence electrons. The molecule has 5 nitrogen and oxygen atoms in total. The molecule has 0 saturated carbocycles. The lowest BCUT2D eigenvalue weighted by molar-refractivity contribution is -0.120. The molecule has 0 aliphatic rings. The molecular formula is C18H21ClN2O3S. The van der Waals surface area contributed by atoms with Gasteiger partial charge in [-0.1, -0.05) is 47.5 Å². The van der Waals surface area contributed by atoms with E-state index in [4.69, 9.17) is 11.6 Å². The predicted octanol–water partition coefficient (Wildman–Crippen LogP) is 3.29. The van der Waals surface area contributed by atoms with Crippen molar-refractivity contribution < 1.29 is 13.2 Å². The second-order valence-electron chi connectivity index (χ2n) is 5.95. The van der Waals surface area contributed by atoms with E-state index in [1.807, 2.05) is 38.1 Å². The van der Waals surface area contributed by atoms with E-state index in [1.165, 1.54) is 6.07 Å². The van der Waals surface area contributed by atoms with Crippen molar-refractivity contribution in [1.82, 2.24) is 5.32 Å². The third-order valence-electron chi connectivity index (χ3n) is 3.74. The number of hydrogen-bond donors (Lipinski definition) is 1. The molecule has 2 aromatic rings. The van der Waals surface area contributed by atoms with Gasteiger partial charge in [-0.2, -0.15) is 0 Å². The summed E-state index contributed by atoms with van der Waals surface area (Å²) >= 11 is 5.93. The zero-order valence-electron chi connectivity index (χ0n) is 14.4. The van der Waals surface area contributed by atoms with Gasteiger partial charge in [0.05, 0.1) is 18.0 Å². The van der Waals surface area contributed by atoms with Crippen LogP contribution in [0.3, 0.4) is 0 Å². The molecule has 2 rings (SSSR count). The zero-order valence-corrected chi connectivity index (χ0v) is 15.9. The van der Waals surface area contributed by atoms with Crippen LogP contribution < -0.4 is 9.62 Å². The second kappa shape index (κ2) is 7.89. The minimum absolute atomic E-state index is 0.228. The van der Waals surface area contributed by atoms with Crippen molar-refractivity contribution >= 4 is 33.2 Å². The molecule has 0 saturated heterocycles. The average molecular weight is 381 g/mol. The normalized spacial score (nSPS) is 12.5. The van der Waals surface area contributed by atoms with Crippen LogP contribution in [0.1, 0.15) is 24.1 Å². The molecule has 25 heavy (non-hydrogen) atoms. The molecule has 1 atom stereocenters. The lowest BCUT2D eigenvalue weighted by Gasteiger charge is -2.23. The van der Waals surface area contributed by atoms with E-state index in [-0.39, 0.29) is 12.6 Å². The van der Waals surface area contributed by atoms with Gasteiger partial charge >= 0.3 is 0 Å². The first-order valence-corrected chi connectivity index (χ1v) is 9.98. The zero-order chi connectivity index (χ0) is 18.6. The Hall–Kier alpha value is -2.05. The largest absolute Gasteiger partial charge is 0.348 e. The number of carbonyl (C=O) groups is 1. The molecule has 0 aliphatic heterocycles. The summed E-state index contributed by atoms with van der Waals surface area (Å²) in [5.74, 6) is -0.390. The molecule has 0 aromatic heterocycles. The number of anilines is 1. The first kappa shape index (κ1) is 19.3. The first-order valence-electron chi connectivity index (χ1n) is 7.76. The Bertz CT molecular complexity index is 851. The molecule has 0 radical (unpaired) electrons. The Morgan fingerprint density at radius 2 is 1.84 bits per heavy atom. The molecule has 0 spiro atoms. The second-order valence-corrected chi connectivity index (χ2v) is 8.29. The summed E-state index contributed by atoms with van der Waals surface area (Å²) < 4.78 is 25.2. The van der Waals surface area contributed by atoms with Crippen LogP contribution in [0.5, 0.6) is 0 Å². The highest BCUT2D eigenvalue weighted by Crippen LogP contribution is 2.22. The molecule has 1 unspecified atom stereocenters. The number of rotatable bonds is 6. The Kier molecular flexibility index (Phi) is 6.08. The minimum Gasteiger partial charge on any atom is -0.348 e. The van der Waals surface area contributed by atoms with E-state index in [2.05, 4.69) is 5.32 Å². The highest BCUT2D eigenvalue weighted by Gasteiger charge is 2.22. The molecule has 1 amide bonds. The van der Waals surface area contributed by atoms with Crippen molar-refractivity contribution in [2.24, 2.45) is 0 Å². The lowest BCUT2D eigenvalue weighted by Crippen LogP contribution is -2.41. The Balaban J connectivity index is 2.13. The molecule has 1 N–H and O–H groups in total. The van der Waals surface area contributed by atoms with Crippen molar-refractivity contribution in [2.75, 3.05) is 17.1 Å². The Morgan fingerprint density at radius 3 is 2.40 bits per heavy atom. The number of nitrogens with zero attached hydrogens (tertiary/aromatic N) is 1. The van der Waals surface area contributed by atoms with Crippen LogP contribution in [0, 0.1) is 6.92 Å². The number of amides is 1. The monoisotopic (exact) mass is 380 g/mol. The van der Waals surface area contributed by atoms with Gasteiger partial charge in [-0.05, 0) is 37.6 Å². The summed E-state index contributed by atoms with van der Waals surface area (Å²) in [6, 6.07) is 14.0. The maximum Gasteiger partial charge on any atom is 0.241 e. The van der Waals surface area contributed by atoms with Gasteiger partial charge in [0.15, 0.2) is 0 Å². The van der Waals surface area contributed by atoms with Crippen molar-refractivity contribution in [3.8, 4) is 0 Å². The highest BCUT2D eigenvalue weighted by atomic mass is 35.5. The fraction of sp³-hybridized carbons (Fsp3) is 0.278. The van der Waals surface area contributed by atoms with Crippen LogP contribution in [0.4, 0.5) is 5.69 Å². The van der Waals surface area contributed by atoms with Crippen molar-refractivity contribution in [2.45, 2.75) is 19.9 Å². The fourth-order valence-corrected chi connectivity index (χ4v) is 3.42. The smallest absolute Gasteiger partial charge is 0.241 e. The first-order chi connectivity index (χ1) is 11.7. The van der Waals surface area contributed by atoms with Crippen LogP contribution >= 0.6 is 11.6 Å². The van der Waals surface area contributed by atoms with Gasteiger partial charge in [0, 0.05) is 5.02 Å². The Labute approximate surface area is 153 Å². The van der Waals surface area contributed by atoms with Crippen molar-refractivity contribution in [1.29, 1.82) is 0 Å². The summed E-state index contributed by atoms with van der Waals surface area (Å²) in [4.78, 5) is 12.4. The number of aryl methyl sites for hydroxylation is 1. The van der Waals surface area contributed by atoms with Gasteiger partial charge in [0.25, 0.3) is 0 Å². The maximum absolute atomic E-state index is 12.4. The fourth-order valence-electron chi connectivity index (χ4n) is 2.39. The summed E-state index contributed by atoms with van der Waals surface area (Å²) in [5, 5.41) is 3.23. The van der Waals surface area contributed by atoms with Gasteiger partial charge in [-0.3, -0.25) is 9.10 Å². The number of nitrogens with one attached hydrogen (secondary N) is 1. The molecule has 2 aromatic carbocycles. The van der Waals surface area contributed by atoms with Gasteiger partial charge in [0.2, 0.25) is 15.9 Å². The Morgan fingerprint density at radius 1 is 1.20 bits per heavy atom. The van der Waals surface area contributed by atoms with E-state index in [1.54, 1.807) is 18.2 Å². The highest BCUT2D eigenvalue weighted by molar-refractivity contribution is 7.92. The van der Waals surface area contributed by atoms with Gasteiger partial charge in [-0.15, -0.1) is 0 Å². The number of benzene rings is 2. The topological polar surface area (TPSA) is 66.5 Å². The number of halogens is 1. The number of sulfonamides is 1. The maximum atomic E-state index is 12.4. The SMILES string of the molecule is Cc1ccc(C(C)NC(=O)CN(c2cccc(Cl)c2)S(C)(=O)=O)cc1. The van der Waals surface area contributed by atoms with E-state index in [9.17, 15) is 13.2 Å². The number of hydrogen-bond acceptors (Lipinski definition) is 3. The van der Waals surface area contributed by atoms with Crippen LogP contribution in [-0.2, 0) is 14.8 Å². The summed E-state index contributed by atoms with van der Waals surface area (Å²) in [7, 11) is -3.62. The molecular weight excluding hydrogens is 360 g/mol. The molecule has 0 heterocycles. The van der Waals surface area contributed by atoms with E-state index >= 15 is 0 Å². The van der Waals surface area contributed by atoms with Crippen LogP contribution in [0.25, 0.3) is 0 Å². The molecule has 0 fully saturated rings.